The summed E-state index contributed by atoms with van der Waals surface area (Å²) in [6, 6.07) is 13.8. The third kappa shape index (κ3) is 3.45. The van der Waals surface area contributed by atoms with Gasteiger partial charge in [0.05, 0.1) is 0 Å². The number of halogens is 1. The molecule has 3 N–H and O–H groups in total. The highest BCUT2D eigenvalue weighted by Gasteiger charge is 2.06. The van der Waals surface area contributed by atoms with E-state index in [4.69, 9.17) is 5.73 Å². The fraction of sp³-hybridized carbons (Fsp3) is 0.0667. The summed E-state index contributed by atoms with van der Waals surface area (Å²) in [4.78, 5) is 23.0. The highest BCUT2D eigenvalue weighted by molar-refractivity contribution is 9.08. The molecule has 0 radical (unpaired) electrons. The van der Waals surface area contributed by atoms with Crippen molar-refractivity contribution < 1.29 is 9.59 Å². The van der Waals surface area contributed by atoms with Crippen LogP contribution in [0.25, 0.3) is 0 Å². The van der Waals surface area contributed by atoms with Gasteiger partial charge in [0, 0.05) is 22.1 Å². The summed E-state index contributed by atoms with van der Waals surface area (Å²) in [5.41, 5.74) is 7.86. The summed E-state index contributed by atoms with van der Waals surface area (Å²) in [5.74, 6) is -0.689. The van der Waals surface area contributed by atoms with Crippen LogP contribution < -0.4 is 11.1 Å². The van der Waals surface area contributed by atoms with Gasteiger partial charge in [-0.05, 0) is 42.0 Å². The molecule has 5 heteroatoms. The predicted molar refractivity (Wildman–Crippen MR) is 82.0 cm³/mol. The number of carbonyl (C=O) groups excluding carboxylic acids is 2. The van der Waals surface area contributed by atoms with Gasteiger partial charge in [0.15, 0.2) is 0 Å². The van der Waals surface area contributed by atoms with Crippen LogP contribution in [-0.2, 0) is 5.33 Å². The number of carbonyl (C=O) groups is 2. The van der Waals surface area contributed by atoms with Gasteiger partial charge in [-0.2, -0.15) is 0 Å². The molecule has 0 spiro atoms. The van der Waals surface area contributed by atoms with Crippen LogP contribution in [0.5, 0.6) is 0 Å². The first-order valence-corrected chi connectivity index (χ1v) is 7.08. The molecule has 0 saturated heterocycles. The first-order valence-electron chi connectivity index (χ1n) is 5.96. The Morgan fingerprint density at radius 2 is 1.50 bits per heavy atom. The Labute approximate surface area is 125 Å². The first kappa shape index (κ1) is 14.3. The fourth-order valence-electron chi connectivity index (χ4n) is 1.67. The first-order chi connectivity index (χ1) is 9.60. The normalized spacial score (nSPS) is 10.1. The molecule has 2 aromatic rings. The van der Waals surface area contributed by atoms with Crippen molar-refractivity contribution in [3.05, 3.63) is 65.2 Å². The zero-order chi connectivity index (χ0) is 14.5. The molecule has 20 heavy (non-hydrogen) atoms. The molecule has 0 heterocycles. The number of nitrogens with two attached hydrogens (primary N) is 1. The van der Waals surface area contributed by atoms with E-state index in [1.807, 2.05) is 12.1 Å². The van der Waals surface area contributed by atoms with Gasteiger partial charge < -0.3 is 11.1 Å². The van der Waals surface area contributed by atoms with Crippen molar-refractivity contribution in [2.24, 2.45) is 5.73 Å². The molecule has 0 unspecified atom stereocenters. The summed E-state index contributed by atoms with van der Waals surface area (Å²) in [6.45, 7) is 0. The summed E-state index contributed by atoms with van der Waals surface area (Å²) in [7, 11) is 0. The zero-order valence-corrected chi connectivity index (χ0v) is 12.2. The largest absolute Gasteiger partial charge is 0.366 e. The van der Waals surface area contributed by atoms with Gasteiger partial charge in [0.1, 0.15) is 0 Å². The van der Waals surface area contributed by atoms with E-state index in [-0.39, 0.29) is 5.91 Å². The standard InChI is InChI=1S/C15H13BrN2O2/c16-9-10-1-3-12(4-2-10)15(20)18-13-7-5-11(6-8-13)14(17)19/h1-8H,9H2,(H2,17,19)(H,18,20). The Morgan fingerprint density at radius 1 is 0.950 bits per heavy atom. The Hall–Kier alpha value is -2.14. The van der Waals surface area contributed by atoms with Crippen LogP contribution in [0.1, 0.15) is 26.3 Å². The maximum atomic E-state index is 12.0. The van der Waals surface area contributed by atoms with E-state index < -0.39 is 5.91 Å². The minimum atomic E-state index is -0.492. The average Bonchev–Trinajstić information content (AvgIpc) is 2.48. The lowest BCUT2D eigenvalue weighted by molar-refractivity contribution is 0.0998. The van der Waals surface area contributed by atoms with E-state index in [2.05, 4.69) is 21.2 Å². The van der Waals surface area contributed by atoms with E-state index >= 15 is 0 Å². The lowest BCUT2D eigenvalue weighted by atomic mass is 10.1. The summed E-state index contributed by atoms with van der Waals surface area (Å²) in [5, 5.41) is 3.51. The Morgan fingerprint density at radius 3 is 2.00 bits per heavy atom. The number of hydrogen-bond acceptors (Lipinski definition) is 2. The third-order valence-corrected chi connectivity index (χ3v) is 3.45. The molecule has 4 nitrogen and oxygen atoms in total. The Kier molecular flexibility index (Phi) is 4.53. The maximum absolute atomic E-state index is 12.0. The van der Waals surface area contributed by atoms with Crippen LogP contribution in [0.15, 0.2) is 48.5 Å². The van der Waals surface area contributed by atoms with Crippen molar-refractivity contribution in [2.45, 2.75) is 5.33 Å². The van der Waals surface area contributed by atoms with Gasteiger partial charge in [-0.25, -0.2) is 0 Å². The molecule has 102 valence electrons. The quantitative estimate of drug-likeness (QED) is 0.845. The molecule has 0 aliphatic rings. The number of amides is 2. The second-order valence-corrected chi connectivity index (χ2v) is 4.79. The number of alkyl halides is 1. The minimum Gasteiger partial charge on any atom is -0.366 e. The Bertz CT molecular complexity index is 621. The van der Waals surface area contributed by atoms with E-state index in [9.17, 15) is 9.59 Å². The molecule has 2 rings (SSSR count). The second-order valence-electron chi connectivity index (χ2n) is 4.23. The van der Waals surface area contributed by atoms with Crippen molar-refractivity contribution in [3.8, 4) is 0 Å². The lowest BCUT2D eigenvalue weighted by Crippen LogP contribution is -2.13. The molecular formula is C15H13BrN2O2. The molecule has 0 atom stereocenters. The van der Waals surface area contributed by atoms with Gasteiger partial charge in [-0.15, -0.1) is 0 Å². The highest BCUT2D eigenvalue weighted by atomic mass is 79.9. The predicted octanol–water partition coefficient (Wildman–Crippen LogP) is 2.93. The number of anilines is 1. The third-order valence-electron chi connectivity index (χ3n) is 2.80. The molecule has 2 amide bonds. The van der Waals surface area contributed by atoms with Crippen molar-refractivity contribution in [1.29, 1.82) is 0 Å². The SMILES string of the molecule is NC(=O)c1ccc(NC(=O)c2ccc(CBr)cc2)cc1. The number of hydrogen-bond donors (Lipinski definition) is 2. The van der Waals surface area contributed by atoms with E-state index in [0.717, 1.165) is 10.9 Å². The van der Waals surface area contributed by atoms with Gasteiger partial charge in [0.25, 0.3) is 5.91 Å². The van der Waals surface area contributed by atoms with Crippen LogP contribution in [0.3, 0.4) is 0 Å². The number of rotatable bonds is 4. The average molecular weight is 333 g/mol. The monoisotopic (exact) mass is 332 g/mol. The van der Waals surface area contributed by atoms with Crippen molar-refractivity contribution in [3.63, 3.8) is 0 Å². The molecule has 0 saturated carbocycles. The van der Waals surface area contributed by atoms with Gasteiger partial charge in [-0.1, -0.05) is 28.1 Å². The molecule has 0 aromatic heterocycles. The van der Waals surface area contributed by atoms with Crippen LogP contribution in [0.2, 0.25) is 0 Å². The van der Waals surface area contributed by atoms with E-state index in [1.165, 1.54) is 0 Å². The zero-order valence-electron chi connectivity index (χ0n) is 10.6. The van der Waals surface area contributed by atoms with Gasteiger partial charge in [-0.3, -0.25) is 9.59 Å². The molecule has 2 aromatic carbocycles. The molecule has 0 aliphatic carbocycles. The van der Waals surface area contributed by atoms with Crippen LogP contribution >= 0.6 is 15.9 Å². The highest BCUT2D eigenvalue weighted by Crippen LogP contribution is 2.12. The number of benzene rings is 2. The van der Waals surface area contributed by atoms with E-state index in [0.29, 0.717) is 16.8 Å². The van der Waals surface area contributed by atoms with Crippen molar-refractivity contribution >= 4 is 33.4 Å². The number of primary amides is 1. The van der Waals surface area contributed by atoms with Gasteiger partial charge in [0.2, 0.25) is 5.91 Å². The van der Waals surface area contributed by atoms with Crippen LogP contribution in [0.4, 0.5) is 5.69 Å². The fourth-order valence-corrected chi connectivity index (χ4v) is 2.04. The minimum absolute atomic E-state index is 0.196. The number of nitrogens with one attached hydrogen (secondary N) is 1. The van der Waals surface area contributed by atoms with Crippen LogP contribution in [-0.4, -0.2) is 11.8 Å². The smallest absolute Gasteiger partial charge is 0.255 e. The maximum Gasteiger partial charge on any atom is 0.255 e. The molecule has 0 aliphatic heterocycles. The lowest BCUT2D eigenvalue weighted by Gasteiger charge is -2.06. The van der Waals surface area contributed by atoms with Crippen molar-refractivity contribution in [2.75, 3.05) is 5.32 Å². The van der Waals surface area contributed by atoms with Crippen LogP contribution in [0, 0.1) is 0 Å². The molecule has 0 bridgehead atoms. The Balaban J connectivity index is 2.08. The van der Waals surface area contributed by atoms with E-state index in [1.54, 1.807) is 36.4 Å². The van der Waals surface area contributed by atoms with Crippen molar-refractivity contribution in [1.82, 2.24) is 0 Å². The molecular weight excluding hydrogens is 320 g/mol. The van der Waals surface area contributed by atoms with Gasteiger partial charge >= 0.3 is 0 Å². The molecule has 0 fully saturated rings. The summed E-state index contributed by atoms with van der Waals surface area (Å²) in [6.07, 6.45) is 0. The second kappa shape index (κ2) is 6.34. The summed E-state index contributed by atoms with van der Waals surface area (Å²) < 4.78 is 0. The topological polar surface area (TPSA) is 72.2 Å². The summed E-state index contributed by atoms with van der Waals surface area (Å²) >= 11 is 3.35.